The summed E-state index contributed by atoms with van der Waals surface area (Å²) in [5, 5.41) is 18.9. The standard InChI is InChI=1S/C19H20N4O3/c1-3-4-5-9-26-17-12(7-6-8-15(17)25-2)16-13(10-20)18(22)23-19(24)14(16)11-21/h6-8H,3-5,9H2,1-2H3,(H3,22,23,24). The summed E-state index contributed by atoms with van der Waals surface area (Å²) < 4.78 is 11.3. The van der Waals surface area contributed by atoms with Gasteiger partial charge in [-0.15, -0.1) is 0 Å². The van der Waals surface area contributed by atoms with Gasteiger partial charge in [-0.2, -0.15) is 10.5 Å². The second kappa shape index (κ2) is 8.59. The van der Waals surface area contributed by atoms with Crippen molar-refractivity contribution in [2.45, 2.75) is 26.2 Å². The highest BCUT2D eigenvalue weighted by atomic mass is 16.5. The molecule has 0 spiro atoms. The molecule has 0 aliphatic rings. The molecule has 3 N–H and O–H groups in total. The summed E-state index contributed by atoms with van der Waals surface area (Å²) in [6.45, 7) is 2.54. The molecular weight excluding hydrogens is 332 g/mol. The van der Waals surface area contributed by atoms with Gasteiger partial charge in [0.1, 0.15) is 29.1 Å². The van der Waals surface area contributed by atoms with Crippen molar-refractivity contribution in [3.63, 3.8) is 0 Å². The van der Waals surface area contributed by atoms with Crippen LogP contribution in [0, 0.1) is 22.7 Å². The maximum absolute atomic E-state index is 12.2. The number of pyridine rings is 1. The molecule has 0 fully saturated rings. The fourth-order valence-corrected chi connectivity index (χ4v) is 2.66. The van der Waals surface area contributed by atoms with E-state index in [4.69, 9.17) is 15.2 Å². The van der Waals surface area contributed by atoms with E-state index in [9.17, 15) is 15.3 Å². The quantitative estimate of drug-likeness (QED) is 0.738. The van der Waals surface area contributed by atoms with Gasteiger partial charge in [0.2, 0.25) is 0 Å². The number of methoxy groups -OCH3 is 1. The van der Waals surface area contributed by atoms with Crippen LogP contribution in [-0.2, 0) is 0 Å². The number of anilines is 1. The number of hydrogen-bond acceptors (Lipinski definition) is 6. The molecular formula is C19H20N4O3. The van der Waals surface area contributed by atoms with Gasteiger partial charge in [0, 0.05) is 11.1 Å². The molecule has 0 saturated carbocycles. The Morgan fingerprint density at radius 1 is 1.19 bits per heavy atom. The van der Waals surface area contributed by atoms with Gasteiger partial charge in [0.25, 0.3) is 5.56 Å². The zero-order valence-electron chi connectivity index (χ0n) is 14.8. The highest BCUT2D eigenvalue weighted by Crippen LogP contribution is 2.41. The Balaban J connectivity index is 2.71. The van der Waals surface area contributed by atoms with Crippen molar-refractivity contribution in [2.75, 3.05) is 19.5 Å². The minimum atomic E-state index is -0.654. The number of nitriles is 2. The molecule has 2 rings (SSSR count). The van der Waals surface area contributed by atoms with E-state index >= 15 is 0 Å². The molecule has 1 aromatic heterocycles. The molecule has 0 unspecified atom stereocenters. The molecule has 0 atom stereocenters. The molecule has 2 aromatic rings. The first kappa shape index (κ1) is 18.9. The van der Waals surface area contributed by atoms with E-state index in [0.29, 0.717) is 23.7 Å². The number of para-hydroxylation sites is 1. The van der Waals surface area contributed by atoms with Crippen LogP contribution in [0.2, 0.25) is 0 Å². The lowest BCUT2D eigenvalue weighted by Crippen LogP contribution is -2.16. The number of ether oxygens (including phenoxy) is 2. The van der Waals surface area contributed by atoms with E-state index in [1.54, 1.807) is 18.2 Å². The zero-order valence-corrected chi connectivity index (χ0v) is 14.8. The summed E-state index contributed by atoms with van der Waals surface area (Å²) >= 11 is 0. The highest BCUT2D eigenvalue weighted by molar-refractivity contribution is 5.84. The van der Waals surface area contributed by atoms with Crippen molar-refractivity contribution >= 4 is 5.82 Å². The lowest BCUT2D eigenvalue weighted by molar-refractivity contribution is 0.287. The van der Waals surface area contributed by atoms with E-state index < -0.39 is 5.56 Å². The van der Waals surface area contributed by atoms with Crippen LogP contribution in [0.4, 0.5) is 5.82 Å². The normalized spacial score (nSPS) is 10.0. The Bertz CT molecular complexity index is 936. The Morgan fingerprint density at radius 3 is 2.54 bits per heavy atom. The number of nitrogen functional groups attached to an aromatic ring is 1. The monoisotopic (exact) mass is 352 g/mol. The molecule has 1 heterocycles. The van der Waals surface area contributed by atoms with Crippen molar-refractivity contribution < 1.29 is 9.47 Å². The third-order valence-electron chi connectivity index (χ3n) is 3.93. The van der Waals surface area contributed by atoms with Gasteiger partial charge in [-0.3, -0.25) is 4.79 Å². The van der Waals surface area contributed by atoms with Gasteiger partial charge in [-0.1, -0.05) is 31.9 Å². The largest absolute Gasteiger partial charge is 0.493 e. The average molecular weight is 352 g/mol. The van der Waals surface area contributed by atoms with Crippen LogP contribution >= 0.6 is 0 Å². The Hall–Kier alpha value is -3.45. The lowest BCUT2D eigenvalue weighted by Gasteiger charge is -2.17. The van der Waals surface area contributed by atoms with Crippen LogP contribution in [0.15, 0.2) is 23.0 Å². The number of nitrogens with zero attached hydrogens (tertiary/aromatic N) is 2. The predicted molar refractivity (Wildman–Crippen MR) is 97.9 cm³/mol. The fourth-order valence-electron chi connectivity index (χ4n) is 2.66. The third-order valence-corrected chi connectivity index (χ3v) is 3.93. The summed E-state index contributed by atoms with van der Waals surface area (Å²) in [5.41, 5.74) is 5.55. The molecule has 7 nitrogen and oxygen atoms in total. The van der Waals surface area contributed by atoms with Gasteiger partial charge >= 0.3 is 0 Å². The average Bonchev–Trinajstić information content (AvgIpc) is 2.64. The van der Waals surface area contributed by atoms with E-state index in [2.05, 4.69) is 11.9 Å². The third kappa shape index (κ3) is 3.62. The topological polar surface area (TPSA) is 125 Å². The first-order valence-electron chi connectivity index (χ1n) is 8.25. The molecule has 0 bridgehead atoms. The second-order valence-electron chi connectivity index (χ2n) is 5.61. The first-order chi connectivity index (χ1) is 12.6. The number of H-pyrrole nitrogens is 1. The number of hydrogen-bond donors (Lipinski definition) is 2. The van der Waals surface area contributed by atoms with Crippen LogP contribution in [0.5, 0.6) is 11.5 Å². The number of unbranched alkanes of at least 4 members (excludes halogenated alkanes) is 2. The van der Waals surface area contributed by atoms with Crippen molar-refractivity contribution in [1.82, 2.24) is 4.98 Å². The summed E-state index contributed by atoms with van der Waals surface area (Å²) in [6, 6.07) is 8.91. The minimum Gasteiger partial charge on any atom is -0.493 e. The molecule has 0 aliphatic heterocycles. The predicted octanol–water partition coefficient (Wildman–Crippen LogP) is 2.95. The van der Waals surface area contributed by atoms with Gasteiger partial charge < -0.3 is 20.2 Å². The van der Waals surface area contributed by atoms with E-state index in [-0.39, 0.29) is 22.5 Å². The Labute approximate surface area is 151 Å². The molecule has 0 aliphatic carbocycles. The van der Waals surface area contributed by atoms with Crippen LogP contribution in [0.1, 0.15) is 37.3 Å². The van der Waals surface area contributed by atoms with E-state index in [1.807, 2.05) is 12.1 Å². The number of aromatic nitrogens is 1. The molecule has 0 saturated heterocycles. The molecule has 0 amide bonds. The summed E-state index contributed by atoms with van der Waals surface area (Å²) in [4.78, 5) is 14.5. The number of nitrogens with one attached hydrogen (secondary N) is 1. The van der Waals surface area contributed by atoms with Crippen LogP contribution in [0.25, 0.3) is 11.1 Å². The Morgan fingerprint density at radius 2 is 1.92 bits per heavy atom. The summed E-state index contributed by atoms with van der Waals surface area (Å²) in [5.74, 6) is 0.737. The number of nitrogens with two attached hydrogens (primary N) is 1. The molecule has 1 aromatic carbocycles. The number of rotatable bonds is 7. The minimum absolute atomic E-state index is 0.0211. The SMILES string of the molecule is CCCCCOc1c(OC)cccc1-c1c(C#N)c(N)[nH]c(=O)c1C#N. The zero-order chi connectivity index (χ0) is 19.1. The maximum atomic E-state index is 12.2. The van der Waals surface area contributed by atoms with E-state index in [0.717, 1.165) is 19.3 Å². The van der Waals surface area contributed by atoms with Gasteiger partial charge in [0.15, 0.2) is 11.5 Å². The van der Waals surface area contributed by atoms with Crippen molar-refractivity contribution in [3.05, 3.63) is 39.7 Å². The summed E-state index contributed by atoms with van der Waals surface area (Å²) in [7, 11) is 1.50. The number of aromatic amines is 1. The van der Waals surface area contributed by atoms with Crippen LogP contribution in [-0.4, -0.2) is 18.7 Å². The first-order valence-corrected chi connectivity index (χ1v) is 8.25. The smallest absolute Gasteiger partial charge is 0.268 e. The van der Waals surface area contributed by atoms with Gasteiger partial charge in [-0.25, -0.2) is 0 Å². The summed E-state index contributed by atoms with van der Waals surface area (Å²) in [6.07, 6.45) is 2.90. The lowest BCUT2D eigenvalue weighted by atomic mass is 9.95. The second-order valence-corrected chi connectivity index (χ2v) is 5.61. The van der Waals surface area contributed by atoms with Crippen LogP contribution < -0.4 is 20.8 Å². The fraction of sp³-hybridized carbons (Fsp3) is 0.316. The van der Waals surface area contributed by atoms with Crippen molar-refractivity contribution in [1.29, 1.82) is 10.5 Å². The number of benzene rings is 1. The maximum Gasteiger partial charge on any atom is 0.268 e. The van der Waals surface area contributed by atoms with Gasteiger partial charge in [-0.05, 0) is 12.5 Å². The molecule has 0 radical (unpaired) electrons. The van der Waals surface area contributed by atoms with E-state index in [1.165, 1.54) is 7.11 Å². The van der Waals surface area contributed by atoms with Crippen molar-refractivity contribution in [3.8, 4) is 34.8 Å². The Kier molecular flexibility index (Phi) is 6.24. The highest BCUT2D eigenvalue weighted by Gasteiger charge is 2.23. The molecule has 134 valence electrons. The van der Waals surface area contributed by atoms with Crippen molar-refractivity contribution in [2.24, 2.45) is 0 Å². The molecule has 26 heavy (non-hydrogen) atoms. The molecule has 7 heteroatoms. The van der Waals surface area contributed by atoms with Crippen LogP contribution in [0.3, 0.4) is 0 Å². The van der Waals surface area contributed by atoms with Gasteiger partial charge in [0.05, 0.1) is 13.7 Å².